The molecule has 1 aromatic heterocycles. The van der Waals surface area contributed by atoms with Crippen molar-refractivity contribution in [2.45, 2.75) is 0 Å². The molecular formula is C20H14N4O3. The van der Waals surface area contributed by atoms with Crippen molar-refractivity contribution >= 4 is 23.0 Å². The van der Waals surface area contributed by atoms with Crippen molar-refractivity contribution in [3.05, 3.63) is 72.1 Å². The molecule has 2 aromatic carbocycles. The number of amides is 1. The van der Waals surface area contributed by atoms with E-state index in [0.29, 0.717) is 34.0 Å². The predicted octanol–water partition coefficient (Wildman–Crippen LogP) is 3.68. The molecule has 0 atom stereocenters. The quantitative estimate of drug-likeness (QED) is 0.738. The lowest BCUT2D eigenvalue weighted by atomic mass is 10.2. The molecule has 0 bridgehead atoms. The summed E-state index contributed by atoms with van der Waals surface area (Å²) in [4.78, 5) is 16.6. The van der Waals surface area contributed by atoms with Crippen molar-refractivity contribution < 1.29 is 14.3 Å². The zero-order valence-corrected chi connectivity index (χ0v) is 14.1. The normalized spacial score (nSPS) is 11.5. The van der Waals surface area contributed by atoms with Crippen LogP contribution in [0, 0.1) is 11.3 Å². The maximum absolute atomic E-state index is 12.5. The lowest BCUT2D eigenvalue weighted by molar-refractivity contribution is 0.102. The van der Waals surface area contributed by atoms with Crippen LogP contribution in [0.4, 0.5) is 17.1 Å². The molecule has 7 nitrogen and oxygen atoms in total. The van der Waals surface area contributed by atoms with Crippen LogP contribution in [0.5, 0.6) is 11.5 Å². The summed E-state index contributed by atoms with van der Waals surface area (Å²) in [6.07, 6.45) is 3.10. The fourth-order valence-corrected chi connectivity index (χ4v) is 2.64. The number of anilines is 3. The van der Waals surface area contributed by atoms with Crippen molar-refractivity contribution in [1.29, 1.82) is 5.26 Å². The predicted molar refractivity (Wildman–Crippen MR) is 99.2 cm³/mol. The molecule has 2 N–H and O–H groups in total. The van der Waals surface area contributed by atoms with Gasteiger partial charge in [-0.3, -0.25) is 9.78 Å². The Morgan fingerprint density at radius 2 is 1.89 bits per heavy atom. The van der Waals surface area contributed by atoms with E-state index in [0.717, 1.165) is 5.69 Å². The first-order valence-corrected chi connectivity index (χ1v) is 8.14. The SMILES string of the molecule is N#Cc1cccc(NC(=O)c2cncc(Nc3ccc4c(c3)OCO4)c2)c1. The van der Waals surface area contributed by atoms with Crippen LogP contribution in [-0.2, 0) is 0 Å². The molecule has 7 heteroatoms. The molecular weight excluding hydrogens is 344 g/mol. The van der Waals surface area contributed by atoms with Gasteiger partial charge < -0.3 is 20.1 Å². The third kappa shape index (κ3) is 3.65. The van der Waals surface area contributed by atoms with Gasteiger partial charge in [0.2, 0.25) is 6.79 Å². The molecule has 1 aliphatic heterocycles. The second-order valence-corrected chi connectivity index (χ2v) is 5.80. The summed E-state index contributed by atoms with van der Waals surface area (Å²) in [7, 11) is 0. The number of hydrogen-bond donors (Lipinski definition) is 2. The molecule has 1 amide bonds. The maximum atomic E-state index is 12.5. The van der Waals surface area contributed by atoms with Crippen LogP contribution < -0.4 is 20.1 Å². The third-order valence-electron chi connectivity index (χ3n) is 3.91. The van der Waals surface area contributed by atoms with E-state index < -0.39 is 0 Å². The zero-order chi connectivity index (χ0) is 18.6. The molecule has 3 aromatic rings. The highest BCUT2D eigenvalue weighted by atomic mass is 16.7. The molecule has 27 heavy (non-hydrogen) atoms. The highest BCUT2D eigenvalue weighted by molar-refractivity contribution is 6.04. The lowest BCUT2D eigenvalue weighted by Gasteiger charge is -2.09. The summed E-state index contributed by atoms with van der Waals surface area (Å²) in [5.74, 6) is 1.05. The average Bonchev–Trinajstić information content (AvgIpc) is 3.16. The van der Waals surface area contributed by atoms with Gasteiger partial charge in [0.25, 0.3) is 5.91 Å². The topological polar surface area (TPSA) is 96.3 Å². The number of rotatable bonds is 4. The Hall–Kier alpha value is -4.05. The molecule has 0 spiro atoms. The van der Waals surface area contributed by atoms with E-state index in [2.05, 4.69) is 15.6 Å². The number of hydrogen-bond acceptors (Lipinski definition) is 6. The highest BCUT2D eigenvalue weighted by Crippen LogP contribution is 2.35. The Kier molecular flexibility index (Phi) is 4.29. The molecule has 0 fully saturated rings. The minimum absolute atomic E-state index is 0.211. The van der Waals surface area contributed by atoms with Gasteiger partial charge in [-0.15, -0.1) is 0 Å². The number of nitriles is 1. The van der Waals surface area contributed by atoms with E-state index in [1.165, 1.54) is 6.20 Å². The Bertz CT molecular complexity index is 1060. The number of carbonyl (C=O) groups excluding carboxylic acids is 1. The minimum atomic E-state index is -0.313. The average molecular weight is 358 g/mol. The summed E-state index contributed by atoms with van der Waals surface area (Å²) < 4.78 is 10.7. The summed E-state index contributed by atoms with van der Waals surface area (Å²) >= 11 is 0. The summed E-state index contributed by atoms with van der Waals surface area (Å²) in [6.45, 7) is 0.211. The van der Waals surface area contributed by atoms with Crippen LogP contribution in [0.1, 0.15) is 15.9 Å². The number of carbonyl (C=O) groups is 1. The van der Waals surface area contributed by atoms with Gasteiger partial charge in [-0.1, -0.05) is 6.07 Å². The molecule has 0 unspecified atom stereocenters. The third-order valence-corrected chi connectivity index (χ3v) is 3.91. The van der Waals surface area contributed by atoms with E-state index in [1.807, 2.05) is 24.3 Å². The van der Waals surface area contributed by atoms with Gasteiger partial charge in [0.1, 0.15) is 0 Å². The number of aromatic nitrogens is 1. The zero-order valence-electron chi connectivity index (χ0n) is 14.1. The molecule has 132 valence electrons. The van der Waals surface area contributed by atoms with E-state index in [-0.39, 0.29) is 12.7 Å². The Morgan fingerprint density at radius 1 is 1.00 bits per heavy atom. The second-order valence-electron chi connectivity index (χ2n) is 5.80. The molecule has 2 heterocycles. The fraction of sp³-hybridized carbons (Fsp3) is 0.0500. The number of nitrogens with zero attached hydrogens (tertiary/aromatic N) is 2. The van der Waals surface area contributed by atoms with E-state index in [1.54, 1.807) is 36.5 Å². The fourth-order valence-electron chi connectivity index (χ4n) is 2.64. The molecule has 0 radical (unpaired) electrons. The summed E-state index contributed by atoms with van der Waals surface area (Å²) in [5.41, 5.74) is 2.87. The summed E-state index contributed by atoms with van der Waals surface area (Å²) in [5, 5.41) is 14.9. The Labute approximate surface area is 155 Å². The summed E-state index contributed by atoms with van der Waals surface area (Å²) in [6, 6.07) is 16.0. The van der Waals surface area contributed by atoms with E-state index in [4.69, 9.17) is 14.7 Å². The smallest absolute Gasteiger partial charge is 0.257 e. The van der Waals surface area contributed by atoms with E-state index >= 15 is 0 Å². The number of fused-ring (bicyclic) bond motifs is 1. The Morgan fingerprint density at radius 3 is 2.78 bits per heavy atom. The van der Waals surface area contributed by atoms with Crippen LogP contribution in [0.25, 0.3) is 0 Å². The first-order chi connectivity index (χ1) is 13.2. The minimum Gasteiger partial charge on any atom is -0.454 e. The van der Waals surface area contributed by atoms with Gasteiger partial charge in [0.15, 0.2) is 11.5 Å². The number of benzene rings is 2. The van der Waals surface area contributed by atoms with Crippen molar-refractivity contribution in [3.63, 3.8) is 0 Å². The van der Waals surface area contributed by atoms with Crippen LogP contribution in [0.2, 0.25) is 0 Å². The van der Waals surface area contributed by atoms with Gasteiger partial charge in [0, 0.05) is 23.6 Å². The van der Waals surface area contributed by atoms with Gasteiger partial charge in [-0.2, -0.15) is 5.26 Å². The van der Waals surface area contributed by atoms with Crippen LogP contribution in [-0.4, -0.2) is 17.7 Å². The van der Waals surface area contributed by atoms with Gasteiger partial charge in [0.05, 0.1) is 29.1 Å². The Balaban J connectivity index is 1.50. The lowest BCUT2D eigenvalue weighted by Crippen LogP contribution is -2.12. The first kappa shape index (κ1) is 16.4. The first-order valence-electron chi connectivity index (χ1n) is 8.14. The van der Waals surface area contributed by atoms with Crippen molar-refractivity contribution in [2.24, 2.45) is 0 Å². The van der Waals surface area contributed by atoms with Crippen molar-refractivity contribution in [3.8, 4) is 17.6 Å². The van der Waals surface area contributed by atoms with Crippen LogP contribution in [0.3, 0.4) is 0 Å². The molecule has 0 saturated carbocycles. The number of nitrogens with one attached hydrogen (secondary N) is 2. The molecule has 1 aliphatic rings. The second kappa shape index (κ2) is 7.06. The van der Waals surface area contributed by atoms with Crippen molar-refractivity contribution in [2.75, 3.05) is 17.4 Å². The maximum Gasteiger partial charge on any atom is 0.257 e. The molecule has 0 saturated heterocycles. The van der Waals surface area contributed by atoms with Crippen LogP contribution >= 0.6 is 0 Å². The highest BCUT2D eigenvalue weighted by Gasteiger charge is 2.14. The van der Waals surface area contributed by atoms with Crippen molar-refractivity contribution in [1.82, 2.24) is 4.98 Å². The van der Waals surface area contributed by atoms with Gasteiger partial charge >= 0.3 is 0 Å². The van der Waals surface area contributed by atoms with Gasteiger partial charge in [-0.25, -0.2) is 0 Å². The number of pyridine rings is 1. The van der Waals surface area contributed by atoms with Crippen LogP contribution in [0.15, 0.2) is 60.9 Å². The molecule has 0 aliphatic carbocycles. The standard InChI is InChI=1S/C20H14N4O3/c21-9-13-2-1-3-15(6-13)24-20(25)14-7-17(11-22-10-14)23-16-4-5-18-19(8-16)27-12-26-18/h1-8,10-11,23H,12H2,(H,24,25). The molecule has 4 rings (SSSR count). The number of ether oxygens (including phenoxy) is 2. The van der Waals surface area contributed by atoms with E-state index in [9.17, 15) is 4.79 Å². The van der Waals surface area contributed by atoms with Gasteiger partial charge in [-0.05, 0) is 36.4 Å². The largest absolute Gasteiger partial charge is 0.454 e. The monoisotopic (exact) mass is 358 g/mol.